The number of hydrazone groups is 1. The first-order valence-electron chi connectivity index (χ1n) is 8.59. The molecule has 144 valence electrons. The van der Waals surface area contributed by atoms with Crippen LogP contribution in [0.3, 0.4) is 0 Å². The van der Waals surface area contributed by atoms with E-state index in [1.54, 1.807) is 19.1 Å². The van der Waals surface area contributed by atoms with Gasteiger partial charge in [-0.05, 0) is 13.0 Å². The second kappa shape index (κ2) is 7.68. The Kier molecular flexibility index (Phi) is 4.92. The maximum atomic E-state index is 12.8. The van der Waals surface area contributed by atoms with Crippen molar-refractivity contribution in [3.8, 4) is 11.3 Å². The van der Waals surface area contributed by atoms with Crippen molar-refractivity contribution in [1.82, 2.24) is 4.98 Å². The van der Waals surface area contributed by atoms with Gasteiger partial charge in [0, 0.05) is 17.0 Å². The molecule has 9 nitrogen and oxygen atoms in total. The number of hydrogen-bond donors (Lipinski definition) is 0. The van der Waals surface area contributed by atoms with Crippen LogP contribution in [0.2, 0.25) is 0 Å². The third-order valence-corrected chi connectivity index (χ3v) is 5.01. The van der Waals surface area contributed by atoms with Gasteiger partial charge in [-0.15, -0.1) is 16.5 Å². The minimum Gasteiger partial charge on any atom is -0.269 e. The average Bonchev–Trinajstić information content (AvgIpc) is 3.32. The SMILES string of the molecule is CC1=NN(c2nc(-c3ccccc3)cs2)C(=O)[C@H]1N=Nc1ccccc1[N+](=O)[O-]. The fourth-order valence-electron chi connectivity index (χ4n) is 2.75. The first kappa shape index (κ1) is 18.6. The van der Waals surface area contributed by atoms with Crippen LogP contribution in [0, 0.1) is 10.1 Å². The first-order chi connectivity index (χ1) is 14.0. The van der Waals surface area contributed by atoms with Crippen LogP contribution in [0.4, 0.5) is 16.5 Å². The molecule has 1 atom stereocenters. The molecular formula is C19H14N6O3S. The van der Waals surface area contributed by atoms with Crippen LogP contribution in [0.25, 0.3) is 11.3 Å². The van der Waals surface area contributed by atoms with E-state index in [1.165, 1.54) is 28.5 Å². The second-order valence-corrected chi connectivity index (χ2v) is 6.97. The fourth-order valence-corrected chi connectivity index (χ4v) is 3.54. The number of carbonyl (C=O) groups is 1. The van der Waals surface area contributed by atoms with E-state index >= 15 is 0 Å². The minimum atomic E-state index is -0.945. The number of benzene rings is 2. The number of hydrogen-bond acceptors (Lipinski definition) is 8. The van der Waals surface area contributed by atoms with Gasteiger partial charge in [0.15, 0.2) is 11.7 Å². The summed E-state index contributed by atoms with van der Waals surface area (Å²) in [6.07, 6.45) is 0. The molecular weight excluding hydrogens is 392 g/mol. The van der Waals surface area contributed by atoms with Gasteiger partial charge in [0.05, 0.1) is 16.3 Å². The Balaban J connectivity index is 1.57. The van der Waals surface area contributed by atoms with Crippen LogP contribution in [-0.2, 0) is 4.79 Å². The molecule has 0 spiro atoms. The Morgan fingerprint density at radius 2 is 1.86 bits per heavy atom. The lowest BCUT2D eigenvalue weighted by Crippen LogP contribution is -2.29. The van der Waals surface area contributed by atoms with E-state index in [0.29, 0.717) is 10.8 Å². The molecule has 0 bridgehead atoms. The van der Waals surface area contributed by atoms with Crippen molar-refractivity contribution in [3.63, 3.8) is 0 Å². The number of azo groups is 1. The summed E-state index contributed by atoms with van der Waals surface area (Å²) < 4.78 is 0. The van der Waals surface area contributed by atoms with Crippen molar-refractivity contribution in [2.45, 2.75) is 13.0 Å². The van der Waals surface area contributed by atoms with Gasteiger partial charge >= 0.3 is 0 Å². The number of nitrogens with zero attached hydrogens (tertiary/aromatic N) is 6. The van der Waals surface area contributed by atoms with Gasteiger partial charge in [-0.1, -0.05) is 42.5 Å². The highest BCUT2D eigenvalue weighted by atomic mass is 32.1. The van der Waals surface area contributed by atoms with E-state index in [2.05, 4.69) is 20.3 Å². The van der Waals surface area contributed by atoms with Crippen molar-refractivity contribution < 1.29 is 9.72 Å². The third-order valence-electron chi connectivity index (χ3n) is 4.20. The lowest BCUT2D eigenvalue weighted by Gasteiger charge is -2.08. The van der Waals surface area contributed by atoms with E-state index in [-0.39, 0.29) is 11.4 Å². The number of aromatic nitrogens is 1. The van der Waals surface area contributed by atoms with E-state index in [4.69, 9.17) is 0 Å². The first-order valence-corrected chi connectivity index (χ1v) is 9.47. The summed E-state index contributed by atoms with van der Waals surface area (Å²) in [5.74, 6) is -0.404. The normalized spacial score (nSPS) is 16.4. The number of rotatable bonds is 5. The maximum absolute atomic E-state index is 12.8. The van der Waals surface area contributed by atoms with Gasteiger partial charge in [-0.2, -0.15) is 15.2 Å². The van der Waals surface area contributed by atoms with Crippen LogP contribution < -0.4 is 5.01 Å². The molecule has 1 aliphatic heterocycles. The Hall–Kier alpha value is -3.79. The number of carbonyl (C=O) groups excluding carboxylic acids is 1. The smallest absolute Gasteiger partial charge is 0.269 e. The zero-order chi connectivity index (χ0) is 20.4. The molecule has 0 saturated heterocycles. The lowest BCUT2D eigenvalue weighted by molar-refractivity contribution is -0.384. The number of anilines is 1. The van der Waals surface area contributed by atoms with Gasteiger partial charge in [0.1, 0.15) is 0 Å². The van der Waals surface area contributed by atoms with Crippen molar-refractivity contribution >= 4 is 39.5 Å². The predicted octanol–water partition coefficient (Wildman–Crippen LogP) is 4.59. The van der Waals surface area contributed by atoms with Crippen LogP contribution in [0.1, 0.15) is 6.92 Å². The monoisotopic (exact) mass is 406 g/mol. The predicted molar refractivity (Wildman–Crippen MR) is 110 cm³/mol. The summed E-state index contributed by atoms with van der Waals surface area (Å²) in [6, 6.07) is 14.6. The number of nitro groups is 1. The topological polar surface area (TPSA) is 113 Å². The van der Waals surface area contributed by atoms with Gasteiger partial charge in [0.25, 0.3) is 11.6 Å². The number of para-hydroxylation sites is 1. The van der Waals surface area contributed by atoms with E-state index in [1.807, 2.05) is 35.7 Å². The molecule has 1 aromatic heterocycles. The van der Waals surface area contributed by atoms with E-state index in [9.17, 15) is 14.9 Å². The molecule has 1 amide bonds. The maximum Gasteiger partial charge on any atom is 0.296 e. The Bertz CT molecular complexity index is 1140. The van der Waals surface area contributed by atoms with Crippen molar-refractivity contribution in [1.29, 1.82) is 0 Å². The quantitative estimate of drug-likeness (QED) is 0.350. The molecule has 3 aromatic rings. The summed E-state index contributed by atoms with van der Waals surface area (Å²) in [7, 11) is 0. The molecule has 1 aliphatic rings. The van der Waals surface area contributed by atoms with Gasteiger partial charge < -0.3 is 0 Å². The summed E-state index contributed by atoms with van der Waals surface area (Å²) in [5.41, 5.74) is 2.03. The van der Waals surface area contributed by atoms with E-state index < -0.39 is 16.9 Å². The van der Waals surface area contributed by atoms with E-state index in [0.717, 1.165) is 11.3 Å². The largest absolute Gasteiger partial charge is 0.296 e. The molecule has 29 heavy (non-hydrogen) atoms. The molecule has 0 unspecified atom stereocenters. The minimum absolute atomic E-state index is 0.0807. The zero-order valence-corrected chi connectivity index (χ0v) is 16.0. The summed E-state index contributed by atoms with van der Waals surface area (Å²) in [5, 5.41) is 26.8. The summed E-state index contributed by atoms with van der Waals surface area (Å²) in [4.78, 5) is 27.8. The number of nitro benzene ring substituents is 1. The third kappa shape index (κ3) is 3.65. The number of thiazole rings is 1. The molecule has 0 aliphatic carbocycles. The fraction of sp³-hybridized carbons (Fsp3) is 0.105. The van der Waals surface area contributed by atoms with Crippen LogP contribution >= 0.6 is 11.3 Å². The Morgan fingerprint density at radius 1 is 1.14 bits per heavy atom. The highest BCUT2D eigenvalue weighted by Gasteiger charge is 2.36. The van der Waals surface area contributed by atoms with Gasteiger partial charge in [0.2, 0.25) is 5.13 Å². The van der Waals surface area contributed by atoms with Gasteiger partial charge in [-0.25, -0.2) is 4.98 Å². The molecule has 2 heterocycles. The van der Waals surface area contributed by atoms with Crippen molar-refractivity contribution in [2.24, 2.45) is 15.3 Å². The zero-order valence-electron chi connectivity index (χ0n) is 15.2. The Morgan fingerprint density at radius 3 is 2.62 bits per heavy atom. The molecule has 0 radical (unpaired) electrons. The standard InChI is InChI=1S/C19H14N6O3S/c1-12-17(22-21-14-9-5-6-10-16(14)25(27)28)18(26)24(23-12)19-20-15(11-29-19)13-7-3-2-4-8-13/h2-11,17H,1H3/t17-/m0/s1. The molecule has 10 heteroatoms. The highest BCUT2D eigenvalue weighted by molar-refractivity contribution is 7.14. The van der Waals surface area contributed by atoms with Crippen molar-refractivity contribution in [2.75, 3.05) is 5.01 Å². The average molecular weight is 406 g/mol. The second-order valence-electron chi connectivity index (χ2n) is 6.14. The van der Waals surface area contributed by atoms with Crippen LogP contribution in [0.15, 0.2) is 75.3 Å². The molecule has 0 saturated carbocycles. The van der Waals surface area contributed by atoms with Crippen LogP contribution in [-0.4, -0.2) is 27.6 Å². The lowest BCUT2D eigenvalue weighted by atomic mass is 10.2. The molecule has 0 N–H and O–H groups in total. The highest BCUT2D eigenvalue weighted by Crippen LogP contribution is 2.31. The van der Waals surface area contributed by atoms with Gasteiger partial charge in [-0.3, -0.25) is 14.9 Å². The summed E-state index contributed by atoms with van der Waals surface area (Å²) in [6.45, 7) is 1.66. The number of amides is 1. The molecule has 0 fully saturated rings. The molecule has 2 aromatic carbocycles. The Labute approximate surface area is 169 Å². The van der Waals surface area contributed by atoms with Crippen LogP contribution in [0.5, 0.6) is 0 Å². The van der Waals surface area contributed by atoms with Crippen molar-refractivity contribution in [3.05, 3.63) is 70.1 Å². The summed E-state index contributed by atoms with van der Waals surface area (Å²) >= 11 is 1.30. The molecule has 4 rings (SSSR count).